The van der Waals surface area contributed by atoms with E-state index < -0.39 is 0 Å². The zero-order valence-electron chi connectivity index (χ0n) is 8.04. The van der Waals surface area contributed by atoms with Crippen molar-refractivity contribution in [2.45, 2.75) is 38.9 Å². The third kappa shape index (κ3) is 5.47. The molecular formula is C9H18O2S. The maximum atomic E-state index is 11.0. The Balaban J connectivity index is 3.47. The molecule has 0 aromatic heterocycles. The Labute approximate surface area is 80.1 Å². The number of hydrogen-bond donors (Lipinski definition) is 1. The van der Waals surface area contributed by atoms with Gasteiger partial charge in [0.2, 0.25) is 0 Å². The molecule has 0 saturated carbocycles. The fraction of sp³-hybridized carbons (Fsp3) is 0.889. The molecule has 0 aromatic carbocycles. The van der Waals surface area contributed by atoms with Gasteiger partial charge in [-0.25, -0.2) is 0 Å². The number of rotatable bonds is 5. The van der Waals surface area contributed by atoms with E-state index in [-0.39, 0.29) is 11.2 Å². The van der Waals surface area contributed by atoms with E-state index in [1.807, 2.05) is 0 Å². The van der Waals surface area contributed by atoms with E-state index in [1.165, 1.54) is 0 Å². The van der Waals surface area contributed by atoms with Gasteiger partial charge in [-0.3, -0.25) is 4.79 Å². The summed E-state index contributed by atoms with van der Waals surface area (Å²) in [6.07, 6.45) is 2.24. The SMILES string of the molecule is CCCC(C)COC(=O)C(C)S. The van der Waals surface area contributed by atoms with Crippen LogP contribution < -0.4 is 0 Å². The van der Waals surface area contributed by atoms with Crippen LogP contribution in [0.15, 0.2) is 0 Å². The predicted octanol–water partition coefficient (Wildman–Crippen LogP) is 2.28. The normalized spacial score (nSPS) is 15.3. The molecule has 0 radical (unpaired) electrons. The lowest BCUT2D eigenvalue weighted by atomic mass is 10.1. The average Bonchev–Trinajstić information content (AvgIpc) is 2.00. The van der Waals surface area contributed by atoms with E-state index in [4.69, 9.17) is 4.74 Å². The smallest absolute Gasteiger partial charge is 0.318 e. The highest BCUT2D eigenvalue weighted by Crippen LogP contribution is 2.06. The first-order valence-corrected chi connectivity index (χ1v) is 4.94. The van der Waals surface area contributed by atoms with E-state index >= 15 is 0 Å². The molecule has 72 valence electrons. The van der Waals surface area contributed by atoms with Gasteiger partial charge in [0.15, 0.2) is 0 Å². The standard InChI is InChI=1S/C9H18O2S/c1-4-5-7(2)6-11-9(10)8(3)12/h7-8,12H,4-6H2,1-3H3. The summed E-state index contributed by atoms with van der Waals surface area (Å²) in [4.78, 5) is 11.0. The summed E-state index contributed by atoms with van der Waals surface area (Å²) >= 11 is 3.97. The summed E-state index contributed by atoms with van der Waals surface area (Å²) in [5, 5.41) is -0.307. The first-order valence-electron chi connectivity index (χ1n) is 4.42. The van der Waals surface area contributed by atoms with Crippen molar-refractivity contribution in [2.24, 2.45) is 5.92 Å². The molecule has 0 aliphatic rings. The van der Waals surface area contributed by atoms with Crippen LogP contribution in [0.2, 0.25) is 0 Å². The van der Waals surface area contributed by atoms with E-state index in [2.05, 4.69) is 26.5 Å². The predicted molar refractivity (Wildman–Crippen MR) is 53.5 cm³/mol. The van der Waals surface area contributed by atoms with E-state index in [9.17, 15) is 4.79 Å². The Morgan fingerprint density at radius 3 is 2.50 bits per heavy atom. The second-order valence-electron chi connectivity index (χ2n) is 3.20. The molecule has 0 bridgehead atoms. The Morgan fingerprint density at radius 2 is 2.08 bits per heavy atom. The molecule has 0 fully saturated rings. The molecule has 0 saturated heterocycles. The van der Waals surface area contributed by atoms with Gasteiger partial charge in [0.05, 0.1) is 11.9 Å². The summed E-state index contributed by atoms with van der Waals surface area (Å²) in [7, 11) is 0. The van der Waals surface area contributed by atoms with Crippen LogP contribution >= 0.6 is 12.6 Å². The lowest BCUT2D eigenvalue weighted by molar-refractivity contribution is -0.143. The molecule has 2 unspecified atom stereocenters. The van der Waals surface area contributed by atoms with Crippen LogP contribution in [0.4, 0.5) is 0 Å². The maximum absolute atomic E-state index is 11.0. The first kappa shape index (κ1) is 11.8. The molecule has 0 N–H and O–H groups in total. The van der Waals surface area contributed by atoms with Gasteiger partial charge in [-0.05, 0) is 19.3 Å². The molecule has 0 aliphatic carbocycles. The van der Waals surface area contributed by atoms with Crippen molar-refractivity contribution >= 4 is 18.6 Å². The van der Waals surface area contributed by atoms with Gasteiger partial charge >= 0.3 is 5.97 Å². The molecule has 12 heavy (non-hydrogen) atoms. The Kier molecular flexibility index (Phi) is 6.25. The summed E-state index contributed by atoms with van der Waals surface area (Å²) in [6, 6.07) is 0. The van der Waals surface area contributed by atoms with Crippen molar-refractivity contribution in [3.05, 3.63) is 0 Å². The van der Waals surface area contributed by atoms with E-state index in [0.29, 0.717) is 12.5 Å². The number of thiol groups is 1. The van der Waals surface area contributed by atoms with Crippen LogP contribution in [0, 0.1) is 5.92 Å². The van der Waals surface area contributed by atoms with Crippen molar-refractivity contribution in [3.8, 4) is 0 Å². The van der Waals surface area contributed by atoms with Crippen LogP contribution in [-0.2, 0) is 9.53 Å². The number of hydrogen-bond acceptors (Lipinski definition) is 3. The third-order valence-electron chi connectivity index (χ3n) is 1.63. The summed E-state index contributed by atoms with van der Waals surface area (Å²) in [5.41, 5.74) is 0. The second kappa shape index (κ2) is 6.35. The highest BCUT2D eigenvalue weighted by Gasteiger charge is 2.10. The van der Waals surface area contributed by atoms with Crippen LogP contribution in [0.5, 0.6) is 0 Å². The van der Waals surface area contributed by atoms with Crippen molar-refractivity contribution < 1.29 is 9.53 Å². The zero-order valence-corrected chi connectivity index (χ0v) is 8.93. The molecule has 0 aliphatic heterocycles. The van der Waals surface area contributed by atoms with Crippen LogP contribution in [0.1, 0.15) is 33.6 Å². The molecule has 0 heterocycles. The van der Waals surface area contributed by atoms with Gasteiger partial charge in [-0.2, -0.15) is 12.6 Å². The Bertz CT molecular complexity index is 134. The molecule has 0 aromatic rings. The maximum Gasteiger partial charge on any atom is 0.318 e. The van der Waals surface area contributed by atoms with Gasteiger partial charge in [-0.15, -0.1) is 0 Å². The van der Waals surface area contributed by atoms with Crippen LogP contribution in [0.3, 0.4) is 0 Å². The summed E-state index contributed by atoms with van der Waals surface area (Å²) in [5.74, 6) is 0.243. The van der Waals surface area contributed by atoms with Crippen LogP contribution in [-0.4, -0.2) is 17.8 Å². The van der Waals surface area contributed by atoms with Gasteiger partial charge in [-0.1, -0.05) is 20.3 Å². The van der Waals surface area contributed by atoms with Crippen LogP contribution in [0.25, 0.3) is 0 Å². The Hall–Kier alpha value is -0.180. The summed E-state index contributed by atoms with van der Waals surface area (Å²) in [6.45, 7) is 6.45. The average molecular weight is 190 g/mol. The second-order valence-corrected chi connectivity index (χ2v) is 3.97. The molecular weight excluding hydrogens is 172 g/mol. The van der Waals surface area contributed by atoms with Crippen molar-refractivity contribution in [1.29, 1.82) is 0 Å². The number of carbonyl (C=O) groups excluding carboxylic acids is 1. The topological polar surface area (TPSA) is 26.3 Å². The van der Waals surface area contributed by atoms with E-state index in [0.717, 1.165) is 12.8 Å². The van der Waals surface area contributed by atoms with Gasteiger partial charge in [0.25, 0.3) is 0 Å². The van der Waals surface area contributed by atoms with E-state index in [1.54, 1.807) is 6.92 Å². The fourth-order valence-electron chi connectivity index (χ4n) is 0.921. The number of carbonyl (C=O) groups is 1. The monoisotopic (exact) mass is 190 g/mol. The molecule has 0 rings (SSSR count). The molecule has 0 amide bonds. The van der Waals surface area contributed by atoms with Crippen molar-refractivity contribution in [1.82, 2.24) is 0 Å². The van der Waals surface area contributed by atoms with Gasteiger partial charge < -0.3 is 4.74 Å². The minimum atomic E-state index is -0.307. The zero-order chi connectivity index (χ0) is 9.56. The minimum absolute atomic E-state index is 0.221. The quantitative estimate of drug-likeness (QED) is 0.532. The fourth-order valence-corrected chi connectivity index (χ4v) is 0.996. The lowest BCUT2D eigenvalue weighted by Gasteiger charge is -2.11. The van der Waals surface area contributed by atoms with Crippen molar-refractivity contribution in [3.63, 3.8) is 0 Å². The first-order chi connectivity index (χ1) is 5.57. The molecule has 2 nitrogen and oxygen atoms in total. The molecule has 3 heteroatoms. The highest BCUT2D eigenvalue weighted by atomic mass is 32.1. The highest BCUT2D eigenvalue weighted by molar-refractivity contribution is 7.81. The van der Waals surface area contributed by atoms with Crippen molar-refractivity contribution in [2.75, 3.05) is 6.61 Å². The number of esters is 1. The summed E-state index contributed by atoms with van der Waals surface area (Å²) < 4.78 is 5.00. The molecule has 2 atom stereocenters. The minimum Gasteiger partial charge on any atom is -0.465 e. The third-order valence-corrected chi connectivity index (χ3v) is 1.84. The van der Waals surface area contributed by atoms with Gasteiger partial charge in [0.1, 0.15) is 0 Å². The molecule has 0 spiro atoms. The number of ether oxygens (including phenoxy) is 1. The lowest BCUT2D eigenvalue weighted by Crippen LogP contribution is -2.18. The largest absolute Gasteiger partial charge is 0.465 e. The Morgan fingerprint density at radius 1 is 1.50 bits per heavy atom. The van der Waals surface area contributed by atoms with Gasteiger partial charge in [0, 0.05) is 0 Å².